The minimum absolute atomic E-state index is 0.885. The largest absolute Gasteiger partial charge is 0.496 e. The van der Waals surface area contributed by atoms with E-state index in [4.69, 9.17) is 4.74 Å². The Morgan fingerprint density at radius 2 is 1.59 bits per heavy atom. The van der Waals surface area contributed by atoms with Crippen molar-refractivity contribution in [2.45, 2.75) is 0 Å². The van der Waals surface area contributed by atoms with Gasteiger partial charge in [-0.25, -0.2) is 4.58 Å². The zero-order valence-electron chi connectivity index (χ0n) is 10.1. The van der Waals surface area contributed by atoms with E-state index in [1.165, 1.54) is 0 Å². The Balaban J connectivity index is 2.36. The molecule has 0 aliphatic carbocycles. The van der Waals surface area contributed by atoms with E-state index in [9.17, 15) is 0 Å². The first-order valence-corrected chi connectivity index (χ1v) is 5.57. The molecule has 2 aromatic carbocycles. The van der Waals surface area contributed by atoms with Crippen LogP contribution in [0.2, 0.25) is 0 Å². The van der Waals surface area contributed by atoms with Crippen molar-refractivity contribution in [2.75, 3.05) is 14.2 Å². The Morgan fingerprint density at radius 1 is 0.941 bits per heavy atom. The highest BCUT2D eigenvalue weighted by atomic mass is 16.5. The minimum Gasteiger partial charge on any atom is -0.496 e. The highest BCUT2D eigenvalue weighted by Crippen LogP contribution is 2.16. The van der Waals surface area contributed by atoms with Gasteiger partial charge in [0.1, 0.15) is 12.8 Å². The van der Waals surface area contributed by atoms with Crippen LogP contribution < -0.4 is 4.74 Å². The third-order valence-electron chi connectivity index (χ3n) is 2.64. The van der Waals surface area contributed by atoms with E-state index in [0.717, 1.165) is 17.0 Å². The predicted octanol–water partition coefficient (Wildman–Crippen LogP) is 3.09. The molecule has 0 heterocycles. The summed E-state index contributed by atoms with van der Waals surface area (Å²) in [6.07, 6.45) is 2.06. The van der Waals surface area contributed by atoms with Crippen LogP contribution >= 0.6 is 0 Å². The van der Waals surface area contributed by atoms with Gasteiger partial charge in [0.05, 0.1) is 12.7 Å². The van der Waals surface area contributed by atoms with Gasteiger partial charge in [0.2, 0.25) is 5.69 Å². The number of nitrogens with zero attached hydrogens (tertiary/aromatic N) is 1. The predicted molar refractivity (Wildman–Crippen MR) is 70.4 cm³/mol. The maximum atomic E-state index is 5.32. The molecule has 0 saturated carbocycles. The molecule has 0 amide bonds. The van der Waals surface area contributed by atoms with E-state index in [2.05, 4.69) is 22.9 Å². The average Bonchev–Trinajstić information content (AvgIpc) is 2.40. The molecule has 0 aliphatic rings. The smallest absolute Gasteiger partial charge is 0.204 e. The molecule has 2 nitrogen and oxygen atoms in total. The standard InChI is InChI=1S/C15H16NO/c1-16(14-9-4-3-5-10-14)12-13-8-6-7-11-15(13)17-2/h3-12H,1-2H3/q+1. The van der Waals surface area contributed by atoms with Crippen LogP contribution in [0, 0.1) is 0 Å². The van der Waals surface area contributed by atoms with Crippen LogP contribution in [0.3, 0.4) is 0 Å². The maximum Gasteiger partial charge on any atom is 0.204 e. The Morgan fingerprint density at radius 3 is 2.29 bits per heavy atom. The first-order chi connectivity index (χ1) is 8.31. The van der Waals surface area contributed by atoms with E-state index in [0.29, 0.717) is 0 Å². The third-order valence-corrected chi connectivity index (χ3v) is 2.64. The van der Waals surface area contributed by atoms with Crippen LogP contribution in [0.5, 0.6) is 5.75 Å². The van der Waals surface area contributed by atoms with Gasteiger partial charge in [-0.2, -0.15) is 0 Å². The number of benzene rings is 2. The average molecular weight is 226 g/mol. The summed E-state index contributed by atoms with van der Waals surface area (Å²) < 4.78 is 7.41. The van der Waals surface area contributed by atoms with Crippen LogP contribution in [0.25, 0.3) is 0 Å². The van der Waals surface area contributed by atoms with Crippen LogP contribution in [0.15, 0.2) is 54.6 Å². The Kier molecular flexibility index (Phi) is 3.55. The van der Waals surface area contributed by atoms with E-state index in [-0.39, 0.29) is 0 Å². The molecule has 0 spiro atoms. The lowest BCUT2D eigenvalue weighted by Crippen LogP contribution is -2.02. The van der Waals surface area contributed by atoms with Crippen molar-refractivity contribution in [3.05, 3.63) is 60.2 Å². The van der Waals surface area contributed by atoms with Gasteiger partial charge in [-0.05, 0) is 12.1 Å². The lowest BCUT2D eigenvalue weighted by molar-refractivity contribution is -0.399. The highest BCUT2D eigenvalue weighted by Gasteiger charge is 2.05. The lowest BCUT2D eigenvalue weighted by Gasteiger charge is -2.02. The lowest BCUT2D eigenvalue weighted by atomic mass is 10.2. The normalized spacial score (nSPS) is 11.3. The second-order valence-corrected chi connectivity index (χ2v) is 3.82. The number of ether oxygens (including phenoxy) is 1. The molecule has 17 heavy (non-hydrogen) atoms. The first kappa shape index (κ1) is 11.4. The second kappa shape index (κ2) is 5.30. The summed E-state index contributed by atoms with van der Waals surface area (Å²) in [5.41, 5.74) is 2.22. The van der Waals surface area contributed by atoms with Crippen molar-refractivity contribution in [2.24, 2.45) is 0 Å². The number of hydrogen-bond acceptors (Lipinski definition) is 1. The Hall–Kier alpha value is -2.09. The van der Waals surface area contributed by atoms with Gasteiger partial charge in [0.25, 0.3) is 0 Å². The highest BCUT2D eigenvalue weighted by molar-refractivity contribution is 5.80. The summed E-state index contributed by atoms with van der Waals surface area (Å²) >= 11 is 0. The molecule has 2 rings (SSSR count). The van der Waals surface area contributed by atoms with E-state index in [1.54, 1.807) is 7.11 Å². The quantitative estimate of drug-likeness (QED) is 0.578. The van der Waals surface area contributed by atoms with Crippen molar-refractivity contribution in [3.8, 4) is 5.75 Å². The summed E-state index contributed by atoms with van der Waals surface area (Å²) in [5.74, 6) is 0.885. The molecule has 0 unspecified atom stereocenters. The number of methoxy groups -OCH3 is 1. The minimum atomic E-state index is 0.885. The third kappa shape index (κ3) is 2.72. The molecule has 2 aromatic rings. The fourth-order valence-corrected chi connectivity index (χ4v) is 1.72. The van der Waals surface area contributed by atoms with Gasteiger partial charge in [-0.15, -0.1) is 0 Å². The molecular formula is C15H16NO+. The number of para-hydroxylation sites is 2. The first-order valence-electron chi connectivity index (χ1n) is 5.57. The fraction of sp³-hybridized carbons (Fsp3) is 0.133. The summed E-state index contributed by atoms with van der Waals surface area (Å²) in [7, 11) is 3.72. The molecule has 0 bridgehead atoms. The van der Waals surface area contributed by atoms with Crippen molar-refractivity contribution < 1.29 is 9.31 Å². The van der Waals surface area contributed by atoms with Crippen LogP contribution in [-0.2, 0) is 0 Å². The van der Waals surface area contributed by atoms with Gasteiger partial charge in [0.15, 0.2) is 6.21 Å². The summed E-state index contributed by atoms with van der Waals surface area (Å²) in [5, 5.41) is 0. The van der Waals surface area contributed by atoms with E-state index in [1.807, 2.05) is 49.5 Å². The van der Waals surface area contributed by atoms with Crippen LogP contribution in [-0.4, -0.2) is 24.9 Å². The monoisotopic (exact) mass is 226 g/mol. The van der Waals surface area contributed by atoms with Gasteiger partial charge in [0, 0.05) is 12.1 Å². The molecule has 0 fully saturated rings. The molecule has 0 saturated heterocycles. The van der Waals surface area contributed by atoms with E-state index < -0.39 is 0 Å². The van der Waals surface area contributed by atoms with Crippen molar-refractivity contribution in [1.29, 1.82) is 0 Å². The summed E-state index contributed by atoms with van der Waals surface area (Å²) in [4.78, 5) is 0. The zero-order chi connectivity index (χ0) is 12.1. The molecule has 0 aliphatic heterocycles. The van der Waals surface area contributed by atoms with Gasteiger partial charge < -0.3 is 4.74 Å². The fourth-order valence-electron chi connectivity index (χ4n) is 1.72. The maximum absolute atomic E-state index is 5.32. The van der Waals surface area contributed by atoms with Crippen molar-refractivity contribution >= 4 is 11.9 Å². The molecule has 0 atom stereocenters. The Labute approximate surface area is 102 Å². The molecule has 2 heteroatoms. The molecule has 0 aromatic heterocycles. The number of rotatable bonds is 3. The van der Waals surface area contributed by atoms with Crippen molar-refractivity contribution in [1.82, 2.24) is 0 Å². The molecule has 86 valence electrons. The summed E-state index contributed by atoms with van der Waals surface area (Å²) in [6.45, 7) is 0. The van der Waals surface area contributed by atoms with Crippen LogP contribution in [0.1, 0.15) is 5.56 Å². The van der Waals surface area contributed by atoms with Crippen LogP contribution in [0.4, 0.5) is 5.69 Å². The summed E-state index contributed by atoms with van der Waals surface area (Å²) in [6, 6.07) is 18.2. The second-order valence-electron chi connectivity index (χ2n) is 3.82. The zero-order valence-corrected chi connectivity index (χ0v) is 10.1. The number of hydrogen-bond donors (Lipinski definition) is 0. The topological polar surface area (TPSA) is 12.2 Å². The molecule has 0 radical (unpaired) electrons. The van der Waals surface area contributed by atoms with Gasteiger partial charge in [-0.1, -0.05) is 30.3 Å². The van der Waals surface area contributed by atoms with E-state index >= 15 is 0 Å². The molecule has 0 N–H and O–H groups in total. The molecular weight excluding hydrogens is 210 g/mol. The van der Waals surface area contributed by atoms with Gasteiger partial charge in [-0.3, -0.25) is 0 Å². The SMILES string of the molecule is COc1ccccc1C=[N+](C)c1ccccc1. The van der Waals surface area contributed by atoms with Gasteiger partial charge >= 0.3 is 0 Å². The Bertz CT molecular complexity index is 517. The van der Waals surface area contributed by atoms with Crippen molar-refractivity contribution in [3.63, 3.8) is 0 Å².